The molecule has 0 aliphatic carbocycles. The van der Waals surface area contributed by atoms with Crippen molar-refractivity contribution >= 4 is 31.9 Å². The molecule has 0 unspecified atom stereocenters. The molecule has 3 nitrogen and oxygen atoms in total. The number of halogens is 5. The lowest BCUT2D eigenvalue weighted by molar-refractivity contribution is -0.173. The van der Waals surface area contributed by atoms with E-state index in [9.17, 15) is 13.2 Å². The van der Waals surface area contributed by atoms with Crippen LogP contribution in [0, 0.1) is 0 Å². The van der Waals surface area contributed by atoms with Crippen molar-refractivity contribution in [2.24, 2.45) is 0 Å². The fourth-order valence-electron chi connectivity index (χ4n) is 1.02. The van der Waals surface area contributed by atoms with Gasteiger partial charge in [0.05, 0.1) is 17.6 Å². The summed E-state index contributed by atoms with van der Waals surface area (Å²) in [4.78, 5) is 0. The van der Waals surface area contributed by atoms with Gasteiger partial charge >= 0.3 is 6.18 Å². The van der Waals surface area contributed by atoms with E-state index < -0.39 is 12.8 Å². The molecule has 0 bridgehead atoms. The number of furan rings is 1. The standard InChI is InChI=1S/C9H10Br2F3NO2/c10-7-3-6(17-8(7)11)4-15-1-2-16-5-9(12,13)14/h3,15H,1-2,4-5H2. The minimum Gasteiger partial charge on any atom is -0.452 e. The molecular weight excluding hydrogens is 371 g/mol. The largest absolute Gasteiger partial charge is 0.452 e. The number of hydrogen-bond acceptors (Lipinski definition) is 3. The van der Waals surface area contributed by atoms with Crippen molar-refractivity contribution in [3.8, 4) is 0 Å². The number of alkyl halides is 3. The molecule has 8 heteroatoms. The summed E-state index contributed by atoms with van der Waals surface area (Å²) in [5, 5.41) is 2.90. The summed E-state index contributed by atoms with van der Waals surface area (Å²) in [6.07, 6.45) is -4.27. The average Bonchev–Trinajstić information content (AvgIpc) is 2.50. The van der Waals surface area contributed by atoms with Crippen LogP contribution in [-0.4, -0.2) is 25.9 Å². The summed E-state index contributed by atoms with van der Waals surface area (Å²) in [6.45, 7) is -0.458. The van der Waals surface area contributed by atoms with Crippen molar-refractivity contribution in [1.82, 2.24) is 5.32 Å². The van der Waals surface area contributed by atoms with Gasteiger partial charge in [-0.3, -0.25) is 0 Å². The second-order valence-corrected chi connectivity index (χ2v) is 4.75. The van der Waals surface area contributed by atoms with Crippen molar-refractivity contribution in [3.63, 3.8) is 0 Å². The SMILES string of the molecule is FC(F)(F)COCCNCc1cc(Br)c(Br)o1. The molecule has 0 atom stereocenters. The van der Waals surface area contributed by atoms with Crippen molar-refractivity contribution in [3.05, 3.63) is 21.0 Å². The van der Waals surface area contributed by atoms with Crippen LogP contribution in [-0.2, 0) is 11.3 Å². The zero-order chi connectivity index (χ0) is 12.9. The lowest BCUT2D eigenvalue weighted by Gasteiger charge is -2.07. The number of hydrogen-bond donors (Lipinski definition) is 1. The Kier molecular flexibility index (Phi) is 5.98. The topological polar surface area (TPSA) is 34.4 Å². The Morgan fingerprint density at radius 2 is 2.06 bits per heavy atom. The van der Waals surface area contributed by atoms with Crippen molar-refractivity contribution < 1.29 is 22.3 Å². The second-order valence-electron chi connectivity index (χ2n) is 3.18. The number of ether oxygens (including phenoxy) is 1. The van der Waals surface area contributed by atoms with E-state index in [1.165, 1.54) is 0 Å². The quantitative estimate of drug-likeness (QED) is 0.767. The van der Waals surface area contributed by atoms with Crippen LogP contribution in [0.5, 0.6) is 0 Å². The highest BCUT2D eigenvalue weighted by Gasteiger charge is 2.27. The van der Waals surface area contributed by atoms with Gasteiger partial charge in [-0.15, -0.1) is 0 Å². The maximum Gasteiger partial charge on any atom is 0.411 e. The molecule has 1 rings (SSSR count). The molecule has 17 heavy (non-hydrogen) atoms. The van der Waals surface area contributed by atoms with Crippen LogP contribution in [0.4, 0.5) is 13.2 Å². The van der Waals surface area contributed by atoms with E-state index in [2.05, 4.69) is 41.9 Å². The Balaban J connectivity index is 2.09. The highest BCUT2D eigenvalue weighted by atomic mass is 79.9. The summed E-state index contributed by atoms with van der Waals surface area (Å²) >= 11 is 6.43. The minimum absolute atomic E-state index is 0.00254. The first-order valence-corrected chi connectivity index (χ1v) is 6.26. The zero-order valence-corrected chi connectivity index (χ0v) is 11.8. The summed E-state index contributed by atoms with van der Waals surface area (Å²) < 4.78 is 46.2. The minimum atomic E-state index is -4.27. The molecule has 0 fully saturated rings. The van der Waals surface area contributed by atoms with Crippen LogP contribution in [0.25, 0.3) is 0 Å². The number of nitrogens with one attached hydrogen (secondary N) is 1. The third-order valence-corrected chi connectivity index (χ3v) is 3.39. The second kappa shape index (κ2) is 6.77. The lowest BCUT2D eigenvalue weighted by atomic mass is 10.4. The van der Waals surface area contributed by atoms with E-state index in [-0.39, 0.29) is 6.61 Å². The van der Waals surface area contributed by atoms with E-state index in [0.29, 0.717) is 23.5 Å². The molecule has 0 amide bonds. The first kappa shape index (κ1) is 15.0. The normalized spacial score (nSPS) is 12.1. The van der Waals surface area contributed by atoms with Crippen molar-refractivity contribution in [2.75, 3.05) is 19.8 Å². The molecule has 0 aromatic carbocycles. The molecule has 1 heterocycles. The average molecular weight is 381 g/mol. The van der Waals surface area contributed by atoms with Gasteiger partial charge in [0.1, 0.15) is 12.4 Å². The molecule has 1 N–H and O–H groups in total. The highest BCUT2D eigenvalue weighted by molar-refractivity contribution is 9.13. The van der Waals surface area contributed by atoms with Gasteiger partial charge in [0.25, 0.3) is 0 Å². The van der Waals surface area contributed by atoms with Crippen LogP contribution < -0.4 is 5.32 Å². The predicted molar refractivity (Wildman–Crippen MR) is 62.7 cm³/mol. The smallest absolute Gasteiger partial charge is 0.411 e. The summed E-state index contributed by atoms with van der Waals surface area (Å²) in [6, 6.07) is 1.77. The van der Waals surface area contributed by atoms with E-state index in [0.717, 1.165) is 4.47 Å². The van der Waals surface area contributed by atoms with Gasteiger partial charge in [-0.25, -0.2) is 0 Å². The molecule has 98 valence electrons. The van der Waals surface area contributed by atoms with Crippen molar-refractivity contribution in [2.45, 2.75) is 12.7 Å². The maximum absolute atomic E-state index is 11.7. The summed E-state index contributed by atoms with van der Waals surface area (Å²) in [5.74, 6) is 0.680. The first-order valence-electron chi connectivity index (χ1n) is 4.67. The van der Waals surface area contributed by atoms with Gasteiger partial charge in [0, 0.05) is 6.54 Å². The Morgan fingerprint density at radius 3 is 2.59 bits per heavy atom. The zero-order valence-electron chi connectivity index (χ0n) is 8.61. The summed E-state index contributed by atoms with van der Waals surface area (Å²) in [5.41, 5.74) is 0. The Labute approximate surface area is 113 Å². The first-order chi connectivity index (χ1) is 7.88. The van der Waals surface area contributed by atoms with Crippen LogP contribution >= 0.6 is 31.9 Å². The van der Waals surface area contributed by atoms with E-state index >= 15 is 0 Å². The molecule has 1 aromatic heterocycles. The monoisotopic (exact) mass is 379 g/mol. The maximum atomic E-state index is 11.7. The van der Waals surface area contributed by atoms with Gasteiger partial charge in [0.2, 0.25) is 0 Å². The van der Waals surface area contributed by atoms with Crippen LogP contribution in [0.3, 0.4) is 0 Å². The molecular formula is C9H10Br2F3NO2. The molecule has 0 aliphatic rings. The van der Waals surface area contributed by atoms with Crippen LogP contribution in [0.15, 0.2) is 19.6 Å². The third-order valence-electron chi connectivity index (χ3n) is 1.68. The van der Waals surface area contributed by atoms with Gasteiger partial charge in [-0.05, 0) is 37.9 Å². The number of rotatable bonds is 6. The predicted octanol–water partition coefficient (Wildman–Crippen LogP) is 3.47. The van der Waals surface area contributed by atoms with Crippen molar-refractivity contribution in [1.29, 1.82) is 0 Å². The molecule has 0 saturated heterocycles. The highest BCUT2D eigenvalue weighted by Crippen LogP contribution is 2.26. The summed E-state index contributed by atoms with van der Waals surface area (Å²) in [7, 11) is 0. The van der Waals surface area contributed by atoms with Gasteiger partial charge in [-0.2, -0.15) is 13.2 Å². The molecule has 1 aromatic rings. The fourth-order valence-corrected chi connectivity index (χ4v) is 1.68. The molecule has 0 radical (unpaired) electrons. The Morgan fingerprint density at radius 1 is 1.35 bits per heavy atom. The fraction of sp³-hybridized carbons (Fsp3) is 0.556. The van der Waals surface area contributed by atoms with Crippen LogP contribution in [0.1, 0.15) is 5.76 Å². The third kappa shape index (κ3) is 6.44. The molecule has 0 spiro atoms. The van der Waals surface area contributed by atoms with Gasteiger partial charge < -0.3 is 14.5 Å². The van der Waals surface area contributed by atoms with Gasteiger partial charge in [-0.1, -0.05) is 0 Å². The molecule has 0 saturated carbocycles. The van der Waals surface area contributed by atoms with Crippen LogP contribution in [0.2, 0.25) is 0 Å². The van der Waals surface area contributed by atoms with E-state index in [4.69, 9.17) is 4.42 Å². The Bertz CT molecular complexity index is 335. The van der Waals surface area contributed by atoms with Gasteiger partial charge in [0.15, 0.2) is 4.67 Å². The molecule has 0 aliphatic heterocycles. The van der Waals surface area contributed by atoms with E-state index in [1.807, 2.05) is 0 Å². The van der Waals surface area contributed by atoms with E-state index in [1.54, 1.807) is 6.07 Å². The Hall–Kier alpha value is -0.0500. The lowest BCUT2D eigenvalue weighted by Crippen LogP contribution is -2.23.